The molecule has 1 saturated heterocycles. The highest BCUT2D eigenvalue weighted by atomic mass is 16.5. The fourth-order valence-electron chi connectivity index (χ4n) is 1.97. The van der Waals surface area contributed by atoms with Crippen LogP contribution in [0.5, 0.6) is 0 Å². The van der Waals surface area contributed by atoms with Crippen LogP contribution >= 0.6 is 0 Å². The van der Waals surface area contributed by atoms with Gasteiger partial charge < -0.3 is 10.5 Å². The Morgan fingerprint density at radius 1 is 1.44 bits per heavy atom. The van der Waals surface area contributed by atoms with E-state index in [-0.39, 0.29) is 5.60 Å². The number of hydrogen-bond acceptors (Lipinski definition) is 4. The van der Waals surface area contributed by atoms with Crippen LogP contribution in [-0.4, -0.2) is 16.6 Å². The molecule has 0 bridgehead atoms. The summed E-state index contributed by atoms with van der Waals surface area (Å²) < 4.78 is 5.74. The molecule has 0 saturated carbocycles. The van der Waals surface area contributed by atoms with Gasteiger partial charge in [0.05, 0.1) is 0 Å². The van der Waals surface area contributed by atoms with Crippen molar-refractivity contribution < 1.29 is 4.74 Å². The van der Waals surface area contributed by atoms with Crippen molar-refractivity contribution in [1.29, 1.82) is 0 Å². The second-order valence-electron chi connectivity index (χ2n) is 4.88. The largest absolute Gasteiger partial charge is 0.384 e. The molecule has 2 N–H and O–H groups in total. The van der Waals surface area contributed by atoms with Crippen LogP contribution in [0, 0.1) is 0 Å². The summed E-state index contributed by atoms with van der Waals surface area (Å²) >= 11 is 0. The Kier molecular flexibility index (Phi) is 2.84. The van der Waals surface area contributed by atoms with Gasteiger partial charge in [-0.1, -0.05) is 13.8 Å². The van der Waals surface area contributed by atoms with Gasteiger partial charge in [-0.3, -0.25) is 0 Å². The minimum absolute atomic E-state index is 0.348. The van der Waals surface area contributed by atoms with Crippen molar-refractivity contribution in [3.8, 4) is 0 Å². The minimum atomic E-state index is -0.348. The summed E-state index contributed by atoms with van der Waals surface area (Å²) in [5, 5.41) is 0. The van der Waals surface area contributed by atoms with Crippen LogP contribution in [0.15, 0.2) is 6.07 Å². The fraction of sp³-hybridized carbons (Fsp3) is 0.667. The van der Waals surface area contributed by atoms with Crippen molar-refractivity contribution in [1.82, 2.24) is 9.97 Å². The van der Waals surface area contributed by atoms with E-state index >= 15 is 0 Å². The van der Waals surface area contributed by atoms with Gasteiger partial charge in [0.2, 0.25) is 0 Å². The number of hydrogen-bond donors (Lipinski definition) is 1. The van der Waals surface area contributed by atoms with E-state index in [9.17, 15) is 0 Å². The molecule has 0 aromatic carbocycles. The Morgan fingerprint density at radius 2 is 2.19 bits per heavy atom. The van der Waals surface area contributed by atoms with Crippen LogP contribution in [-0.2, 0) is 10.3 Å². The average Bonchev–Trinajstić information content (AvgIpc) is 2.65. The van der Waals surface area contributed by atoms with Crippen molar-refractivity contribution in [2.45, 2.75) is 45.1 Å². The molecule has 0 spiro atoms. The molecule has 0 amide bonds. The average molecular weight is 221 g/mol. The van der Waals surface area contributed by atoms with Crippen LogP contribution in [0.3, 0.4) is 0 Å². The molecule has 1 aromatic rings. The zero-order valence-electron chi connectivity index (χ0n) is 10.2. The summed E-state index contributed by atoms with van der Waals surface area (Å²) in [5.41, 5.74) is 6.45. The second-order valence-corrected chi connectivity index (χ2v) is 4.88. The molecule has 2 heterocycles. The first-order valence-corrected chi connectivity index (χ1v) is 5.80. The summed E-state index contributed by atoms with van der Waals surface area (Å²) in [6.07, 6.45) is 2.03. The molecular formula is C12H19N3O. The lowest BCUT2D eigenvalue weighted by molar-refractivity contribution is 0.00924. The molecule has 4 heteroatoms. The van der Waals surface area contributed by atoms with Gasteiger partial charge in [-0.05, 0) is 25.7 Å². The molecule has 1 aromatic heterocycles. The Morgan fingerprint density at radius 3 is 2.75 bits per heavy atom. The molecule has 88 valence electrons. The third-order valence-electron chi connectivity index (χ3n) is 3.05. The quantitative estimate of drug-likeness (QED) is 0.831. The minimum Gasteiger partial charge on any atom is -0.384 e. The first-order chi connectivity index (χ1) is 7.51. The summed E-state index contributed by atoms with van der Waals surface area (Å²) in [4.78, 5) is 8.88. The van der Waals surface area contributed by atoms with Crippen molar-refractivity contribution >= 4 is 5.82 Å². The van der Waals surface area contributed by atoms with Gasteiger partial charge in [0.15, 0.2) is 5.82 Å². The highest BCUT2D eigenvalue weighted by Gasteiger charge is 2.35. The van der Waals surface area contributed by atoms with Crippen molar-refractivity contribution in [3.05, 3.63) is 17.6 Å². The molecule has 1 fully saturated rings. The van der Waals surface area contributed by atoms with Crippen molar-refractivity contribution in [2.75, 3.05) is 12.3 Å². The van der Waals surface area contributed by atoms with Gasteiger partial charge in [-0.25, -0.2) is 9.97 Å². The van der Waals surface area contributed by atoms with Gasteiger partial charge in [0.25, 0.3) is 0 Å². The number of nitrogens with zero attached hydrogens (tertiary/aromatic N) is 2. The summed E-state index contributed by atoms with van der Waals surface area (Å²) in [6.45, 7) is 7.03. The number of rotatable bonds is 2. The van der Waals surface area contributed by atoms with E-state index in [1.165, 1.54) is 0 Å². The summed E-state index contributed by atoms with van der Waals surface area (Å²) in [5.74, 6) is 1.62. The second kappa shape index (κ2) is 4.01. The monoisotopic (exact) mass is 221 g/mol. The maximum atomic E-state index is 5.82. The molecular weight excluding hydrogens is 202 g/mol. The lowest BCUT2D eigenvalue weighted by atomic mass is 10.0. The van der Waals surface area contributed by atoms with Crippen molar-refractivity contribution in [3.63, 3.8) is 0 Å². The van der Waals surface area contributed by atoms with Crippen LogP contribution in [0.4, 0.5) is 5.82 Å². The molecule has 4 nitrogen and oxygen atoms in total. The Bertz CT molecular complexity index is 384. The Labute approximate surface area is 96.2 Å². The molecule has 1 unspecified atom stereocenters. The molecule has 16 heavy (non-hydrogen) atoms. The van der Waals surface area contributed by atoms with Crippen molar-refractivity contribution in [2.24, 2.45) is 0 Å². The Balaban J connectivity index is 2.40. The molecule has 0 aliphatic carbocycles. The maximum Gasteiger partial charge on any atom is 0.162 e. The SMILES string of the molecule is CC(C)c1cc(N)nc(C2(C)CCCO2)n1. The first-order valence-electron chi connectivity index (χ1n) is 5.80. The van der Waals surface area contributed by atoms with E-state index in [2.05, 4.69) is 23.8 Å². The smallest absolute Gasteiger partial charge is 0.162 e. The molecule has 1 aliphatic heterocycles. The predicted molar refractivity (Wildman–Crippen MR) is 63.1 cm³/mol. The molecule has 2 rings (SSSR count). The van der Waals surface area contributed by atoms with E-state index in [1.54, 1.807) is 0 Å². The van der Waals surface area contributed by atoms with E-state index in [4.69, 9.17) is 10.5 Å². The molecule has 0 radical (unpaired) electrons. The van der Waals surface area contributed by atoms with Gasteiger partial charge in [0, 0.05) is 18.4 Å². The van der Waals surface area contributed by atoms with E-state index in [0.29, 0.717) is 11.7 Å². The van der Waals surface area contributed by atoms with Gasteiger partial charge >= 0.3 is 0 Å². The molecule has 1 atom stereocenters. The number of nitrogens with two attached hydrogens (primary N) is 1. The van der Waals surface area contributed by atoms with E-state index < -0.39 is 0 Å². The number of anilines is 1. The number of ether oxygens (including phenoxy) is 1. The van der Waals surface area contributed by atoms with E-state index in [1.807, 2.05) is 13.0 Å². The number of nitrogen functional groups attached to an aromatic ring is 1. The first kappa shape index (κ1) is 11.3. The molecule has 1 aliphatic rings. The van der Waals surface area contributed by atoms with E-state index in [0.717, 1.165) is 31.0 Å². The maximum absolute atomic E-state index is 5.82. The third-order valence-corrected chi connectivity index (χ3v) is 3.05. The van der Waals surface area contributed by atoms with Crippen LogP contribution < -0.4 is 5.73 Å². The predicted octanol–water partition coefficient (Wildman–Crippen LogP) is 2.21. The van der Waals surface area contributed by atoms with Gasteiger partial charge in [-0.15, -0.1) is 0 Å². The Hall–Kier alpha value is -1.16. The topological polar surface area (TPSA) is 61.0 Å². The van der Waals surface area contributed by atoms with Crippen LogP contribution in [0.2, 0.25) is 0 Å². The third kappa shape index (κ3) is 2.02. The highest BCUT2D eigenvalue weighted by molar-refractivity contribution is 5.32. The normalized spacial score (nSPS) is 25.2. The zero-order chi connectivity index (χ0) is 11.8. The van der Waals surface area contributed by atoms with Gasteiger partial charge in [0.1, 0.15) is 11.4 Å². The fourth-order valence-corrected chi connectivity index (χ4v) is 1.97. The summed E-state index contributed by atoms with van der Waals surface area (Å²) in [7, 11) is 0. The van der Waals surface area contributed by atoms with Crippen LogP contribution in [0.25, 0.3) is 0 Å². The zero-order valence-corrected chi connectivity index (χ0v) is 10.2. The lowest BCUT2D eigenvalue weighted by Gasteiger charge is -2.22. The van der Waals surface area contributed by atoms with Crippen LogP contribution in [0.1, 0.15) is 51.0 Å². The lowest BCUT2D eigenvalue weighted by Crippen LogP contribution is -2.24. The summed E-state index contributed by atoms with van der Waals surface area (Å²) in [6, 6.07) is 1.84. The highest BCUT2D eigenvalue weighted by Crippen LogP contribution is 2.34. The van der Waals surface area contributed by atoms with Gasteiger partial charge in [-0.2, -0.15) is 0 Å². The standard InChI is InChI=1S/C12H19N3O/c1-8(2)9-7-10(13)15-11(14-9)12(3)5-4-6-16-12/h7-8H,4-6H2,1-3H3,(H2,13,14,15). The number of aromatic nitrogens is 2.